The molecule has 0 N–H and O–H groups in total. The predicted molar refractivity (Wildman–Crippen MR) is 50.7 cm³/mol. The summed E-state index contributed by atoms with van der Waals surface area (Å²) in [6, 6.07) is 0. The summed E-state index contributed by atoms with van der Waals surface area (Å²) in [5.41, 5.74) is 0. The molecule has 15 heavy (non-hydrogen) atoms. The van der Waals surface area contributed by atoms with Crippen LogP contribution in [0.5, 0.6) is 0 Å². The van der Waals surface area contributed by atoms with Crippen molar-refractivity contribution in [3.8, 4) is 0 Å². The van der Waals surface area contributed by atoms with E-state index in [2.05, 4.69) is 0 Å². The van der Waals surface area contributed by atoms with Gasteiger partial charge in [0.1, 0.15) is 6.10 Å². The normalized spacial score (nSPS) is 31.3. The highest BCUT2D eigenvalue weighted by molar-refractivity contribution is 8.15. The van der Waals surface area contributed by atoms with Crippen LogP contribution >= 0.6 is 10.7 Å². The fraction of sp³-hybridized carbons (Fsp3) is 1.00. The summed E-state index contributed by atoms with van der Waals surface area (Å²) in [4.78, 5) is 0. The van der Waals surface area contributed by atoms with Crippen molar-refractivity contribution in [3.05, 3.63) is 0 Å². The Labute approximate surface area is 91.2 Å². The maximum absolute atomic E-state index is 12.4. The van der Waals surface area contributed by atoms with E-state index in [1.54, 1.807) is 0 Å². The summed E-state index contributed by atoms with van der Waals surface area (Å²) in [7, 11) is 1.65. The first kappa shape index (κ1) is 11.5. The monoisotopic (exact) mass is 260 g/mol. The molecule has 0 aromatic heterocycles. The molecule has 88 valence electrons. The van der Waals surface area contributed by atoms with Crippen LogP contribution < -0.4 is 0 Å². The lowest BCUT2D eigenvalue weighted by Crippen LogP contribution is -2.21. The molecule has 2 fully saturated rings. The van der Waals surface area contributed by atoms with Gasteiger partial charge in [-0.2, -0.15) is 0 Å². The summed E-state index contributed by atoms with van der Waals surface area (Å²) in [5.74, 6) is -2.71. The van der Waals surface area contributed by atoms with Crippen molar-refractivity contribution in [1.29, 1.82) is 0 Å². The Bertz CT molecular complexity index is 364. The fourth-order valence-electron chi connectivity index (χ4n) is 1.51. The number of rotatable bonds is 5. The van der Waals surface area contributed by atoms with Crippen molar-refractivity contribution in [2.24, 2.45) is 0 Å². The summed E-state index contributed by atoms with van der Waals surface area (Å²) in [5, 5.41) is 0. The first-order valence-electron chi connectivity index (χ1n) is 4.71. The molecule has 2 rings (SSSR count). The van der Waals surface area contributed by atoms with Gasteiger partial charge in [-0.1, -0.05) is 0 Å². The van der Waals surface area contributed by atoms with Crippen LogP contribution in [0, 0.1) is 0 Å². The van der Waals surface area contributed by atoms with Crippen LogP contribution in [0.2, 0.25) is 0 Å². The minimum Gasteiger partial charge on any atom is -0.372 e. The highest BCUT2D eigenvalue weighted by atomic mass is 35.7. The molecular weight excluding hydrogens is 250 g/mol. The highest BCUT2D eigenvalue weighted by Gasteiger charge is 2.59. The first-order valence-corrected chi connectivity index (χ1v) is 7.01. The lowest BCUT2D eigenvalue weighted by Gasteiger charge is -2.10. The smallest absolute Gasteiger partial charge is 0.276 e. The van der Waals surface area contributed by atoms with E-state index >= 15 is 0 Å². The van der Waals surface area contributed by atoms with Gasteiger partial charge in [-0.05, 0) is 19.3 Å². The molecule has 0 radical (unpaired) electrons. The Balaban J connectivity index is 1.76. The van der Waals surface area contributed by atoms with Crippen LogP contribution in [0.1, 0.15) is 25.7 Å². The van der Waals surface area contributed by atoms with Crippen molar-refractivity contribution >= 4 is 19.7 Å². The average Bonchev–Trinajstić information content (AvgIpc) is 2.90. The summed E-state index contributed by atoms with van der Waals surface area (Å²) >= 11 is 0. The zero-order chi connectivity index (χ0) is 11.3. The van der Waals surface area contributed by atoms with E-state index in [0.717, 1.165) is 0 Å². The lowest BCUT2D eigenvalue weighted by atomic mass is 10.3. The molecule has 0 aromatic rings. The van der Waals surface area contributed by atoms with Gasteiger partial charge in [0.15, 0.2) is 0 Å². The van der Waals surface area contributed by atoms with Crippen molar-refractivity contribution in [2.75, 3.05) is 6.61 Å². The van der Waals surface area contributed by atoms with Gasteiger partial charge in [0, 0.05) is 23.7 Å². The topological polar surface area (TPSA) is 43.4 Å². The van der Waals surface area contributed by atoms with E-state index in [1.807, 2.05) is 0 Å². The SMILES string of the molecule is O=S(=O)(Cl)C1(CCOC2CC2(F)F)CC1. The maximum Gasteiger partial charge on any atom is 0.276 e. The first-order chi connectivity index (χ1) is 6.77. The van der Waals surface area contributed by atoms with Gasteiger partial charge in [0.05, 0.1) is 4.75 Å². The molecule has 7 heteroatoms. The van der Waals surface area contributed by atoms with Crippen molar-refractivity contribution < 1.29 is 21.9 Å². The van der Waals surface area contributed by atoms with Crippen LogP contribution in [-0.2, 0) is 13.8 Å². The van der Waals surface area contributed by atoms with E-state index in [4.69, 9.17) is 15.4 Å². The Morgan fingerprint density at radius 2 is 1.93 bits per heavy atom. The second-order valence-electron chi connectivity index (χ2n) is 4.20. The molecule has 1 atom stereocenters. The van der Waals surface area contributed by atoms with Crippen LogP contribution in [0.4, 0.5) is 8.78 Å². The lowest BCUT2D eigenvalue weighted by molar-refractivity contribution is 0.0120. The van der Waals surface area contributed by atoms with Gasteiger partial charge in [-0.15, -0.1) is 0 Å². The van der Waals surface area contributed by atoms with Crippen LogP contribution in [0.15, 0.2) is 0 Å². The second kappa shape index (κ2) is 3.28. The third kappa shape index (κ3) is 2.26. The van der Waals surface area contributed by atoms with Crippen LogP contribution in [0.25, 0.3) is 0 Å². The average molecular weight is 261 g/mol. The molecule has 0 saturated heterocycles. The van der Waals surface area contributed by atoms with E-state index < -0.39 is 25.8 Å². The number of alkyl halides is 2. The fourth-order valence-corrected chi connectivity index (χ4v) is 3.12. The van der Waals surface area contributed by atoms with E-state index in [0.29, 0.717) is 12.8 Å². The van der Waals surface area contributed by atoms with E-state index in [9.17, 15) is 17.2 Å². The number of hydrogen-bond acceptors (Lipinski definition) is 3. The zero-order valence-corrected chi connectivity index (χ0v) is 9.45. The van der Waals surface area contributed by atoms with Crippen molar-refractivity contribution in [1.82, 2.24) is 0 Å². The van der Waals surface area contributed by atoms with Gasteiger partial charge >= 0.3 is 0 Å². The third-order valence-corrected chi connectivity index (χ3v) is 5.60. The van der Waals surface area contributed by atoms with Crippen molar-refractivity contribution in [2.45, 2.75) is 42.5 Å². The second-order valence-corrected chi connectivity index (χ2v) is 7.16. The Hall–Kier alpha value is 0.0600. The largest absolute Gasteiger partial charge is 0.372 e. The molecule has 0 amide bonds. The number of halogens is 3. The highest BCUT2D eigenvalue weighted by Crippen LogP contribution is 2.49. The summed E-state index contributed by atoms with van der Waals surface area (Å²) in [6.45, 7) is 0.0339. The molecule has 2 aliphatic carbocycles. The molecule has 0 heterocycles. The molecule has 2 saturated carbocycles. The number of hydrogen-bond donors (Lipinski definition) is 0. The molecule has 0 spiro atoms. The van der Waals surface area contributed by atoms with Crippen LogP contribution in [-0.4, -0.2) is 31.8 Å². The maximum atomic E-state index is 12.4. The van der Waals surface area contributed by atoms with E-state index in [-0.39, 0.29) is 19.4 Å². The van der Waals surface area contributed by atoms with Gasteiger partial charge < -0.3 is 4.74 Å². The minimum absolute atomic E-state index is 0.0339. The molecular formula is C8H11ClF2O3S. The molecule has 0 bridgehead atoms. The molecule has 2 aliphatic rings. The molecule has 0 aliphatic heterocycles. The van der Waals surface area contributed by atoms with Gasteiger partial charge in [0.2, 0.25) is 9.05 Å². The standard InChI is InChI=1S/C8H11ClF2O3S/c9-15(12,13)7(1-2-7)3-4-14-6-5-8(6,10)11/h6H,1-5H2. The van der Waals surface area contributed by atoms with Gasteiger partial charge in [-0.25, -0.2) is 17.2 Å². The Kier molecular flexibility index (Phi) is 2.52. The molecule has 1 unspecified atom stereocenters. The molecule has 3 nitrogen and oxygen atoms in total. The summed E-state index contributed by atoms with van der Waals surface area (Å²) < 4.78 is 50.9. The minimum atomic E-state index is -3.59. The van der Waals surface area contributed by atoms with Crippen molar-refractivity contribution in [3.63, 3.8) is 0 Å². The summed E-state index contributed by atoms with van der Waals surface area (Å²) in [6.07, 6.45) is -0.0581. The molecule has 0 aromatic carbocycles. The Morgan fingerprint density at radius 1 is 1.40 bits per heavy atom. The quantitative estimate of drug-likeness (QED) is 0.709. The van der Waals surface area contributed by atoms with Gasteiger partial charge in [-0.3, -0.25) is 0 Å². The van der Waals surface area contributed by atoms with Gasteiger partial charge in [0.25, 0.3) is 5.92 Å². The van der Waals surface area contributed by atoms with Crippen LogP contribution in [0.3, 0.4) is 0 Å². The third-order valence-electron chi connectivity index (χ3n) is 2.97. The zero-order valence-electron chi connectivity index (χ0n) is 7.88. The number of ether oxygens (including phenoxy) is 1. The Morgan fingerprint density at radius 3 is 2.27 bits per heavy atom. The van der Waals surface area contributed by atoms with E-state index in [1.165, 1.54) is 0 Å². The predicted octanol–water partition coefficient (Wildman–Crippen LogP) is 1.90.